The van der Waals surface area contributed by atoms with Crippen molar-refractivity contribution in [3.63, 3.8) is 0 Å². The maximum absolute atomic E-state index is 11.8. The molecule has 1 aliphatic rings. The Morgan fingerprint density at radius 2 is 1.72 bits per heavy atom. The molecule has 1 aromatic carbocycles. The molecule has 1 aliphatic heterocycles. The Morgan fingerprint density at radius 3 is 2.19 bits per heavy atom. The van der Waals surface area contributed by atoms with E-state index in [1.54, 1.807) is 12.1 Å². The molecule has 1 fully saturated rings. The third-order valence-electron chi connectivity index (χ3n) is 6.05. The number of aliphatic hydroxyl groups excluding tert-OH is 1. The van der Waals surface area contributed by atoms with Gasteiger partial charge in [-0.1, -0.05) is 44.2 Å². The number of aliphatic hydroxyl groups is 1. The molecular weight excluding hydrogens is 407 g/mol. The van der Waals surface area contributed by atoms with Crippen LogP contribution in [0, 0.1) is 5.92 Å². The van der Waals surface area contributed by atoms with E-state index in [1.165, 1.54) is 6.92 Å². The molecule has 0 spiro atoms. The third kappa shape index (κ3) is 6.47. The summed E-state index contributed by atoms with van der Waals surface area (Å²) in [5, 5.41) is 8.91. The summed E-state index contributed by atoms with van der Waals surface area (Å²) in [6.07, 6.45) is 1.98. The van der Waals surface area contributed by atoms with Gasteiger partial charge in [-0.15, -0.1) is 0 Å². The Labute approximate surface area is 192 Å². The molecule has 0 aliphatic carbocycles. The van der Waals surface area contributed by atoms with Crippen molar-refractivity contribution in [1.82, 2.24) is 0 Å². The number of esters is 1. The first kappa shape index (κ1) is 26.2. The average Bonchev–Trinajstić information content (AvgIpc) is 2.92. The molecule has 1 saturated heterocycles. The Hall–Kier alpha value is -2.09. The van der Waals surface area contributed by atoms with E-state index in [4.69, 9.17) is 23.9 Å². The molecule has 1 atom stereocenters. The Balaban J connectivity index is 2.31. The van der Waals surface area contributed by atoms with Crippen molar-refractivity contribution in [3.05, 3.63) is 53.5 Å². The molecule has 1 heterocycles. The molecule has 0 bridgehead atoms. The van der Waals surface area contributed by atoms with E-state index < -0.39 is 24.4 Å². The summed E-state index contributed by atoms with van der Waals surface area (Å²) in [6, 6.07) is 7.32. The van der Waals surface area contributed by atoms with Gasteiger partial charge in [0.25, 0.3) is 0 Å². The predicted octanol–water partition coefficient (Wildman–Crippen LogP) is 4.82. The molecule has 6 nitrogen and oxygen atoms in total. The zero-order valence-electron chi connectivity index (χ0n) is 20.4. The Morgan fingerprint density at radius 1 is 1.16 bits per heavy atom. The summed E-state index contributed by atoms with van der Waals surface area (Å²) in [5.74, 6) is 0.491. The first-order valence-corrected chi connectivity index (χ1v) is 11.1. The number of rotatable bonds is 10. The lowest BCUT2D eigenvalue weighted by Crippen LogP contribution is -2.41. The number of allylic oxidation sites excluding steroid dienone is 2. The van der Waals surface area contributed by atoms with Gasteiger partial charge in [0.05, 0.1) is 17.8 Å². The smallest absolute Gasteiger partial charge is 0.491 e. The topological polar surface area (TPSA) is 74.2 Å². The normalized spacial score (nSPS) is 18.5. The molecule has 176 valence electrons. The molecule has 0 radical (unpaired) electrons. The van der Waals surface area contributed by atoms with Crippen molar-refractivity contribution in [2.75, 3.05) is 13.2 Å². The molecule has 1 aromatic rings. The van der Waals surface area contributed by atoms with Gasteiger partial charge in [-0.2, -0.15) is 0 Å². The van der Waals surface area contributed by atoms with Gasteiger partial charge in [0.15, 0.2) is 0 Å². The molecule has 0 saturated carbocycles. The van der Waals surface area contributed by atoms with Crippen LogP contribution >= 0.6 is 0 Å². The maximum atomic E-state index is 11.8. The second kappa shape index (κ2) is 10.7. The van der Waals surface area contributed by atoms with E-state index in [1.807, 2.05) is 45.9 Å². The Kier molecular flexibility index (Phi) is 8.74. The zero-order valence-corrected chi connectivity index (χ0v) is 20.4. The van der Waals surface area contributed by atoms with Crippen LogP contribution in [0.3, 0.4) is 0 Å². The minimum absolute atomic E-state index is 0.0515. The highest BCUT2D eigenvalue weighted by Gasteiger charge is 2.52. The standard InChI is InChI=1S/C25H37BO6/c1-17(2)18(3)22(26-31-24(5,6)25(7,8)32-26)13-14-23(30-19(4)28)20-9-11-21(12-10-20)29-16-15-27/h9-13,17,23,27H,3,14-16H2,1-2,4-8H3/b22-13-/t23-/m1/s1. The van der Waals surface area contributed by atoms with E-state index in [2.05, 4.69) is 20.4 Å². The highest BCUT2D eigenvalue weighted by Crippen LogP contribution is 2.41. The van der Waals surface area contributed by atoms with Crippen molar-refractivity contribution >= 4 is 13.1 Å². The minimum Gasteiger partial charge on any atom is -0.491 e. The van der Waals surface area contributed by atoms with E-state index >= 15 is 0 Å². The van der Waals surface area contributed by atoms with E-state index in [9.17, 15) is 4.79 Å². The monoisotopic (exact) mass is 444 g/mol. The molecule has 7 heteroatoms. The van der Waals surface area contributed by atoms with Gasteiger partial charge in [-0.05, 0) is 56.8 Å². The summed E-state index contributed by atoms with van der Waals surface area (Å²) < 4.78 is 23.6. The summed E-state index contributed by atoms with van der Waals surface area (Å²) in [6.45, 7) is 18.1. The quantitative estimate of drug-likeness (QED) is 0.317. The van der Waals surface area contributed by atoms with Crippen LogP contribution < -0.4 is 4.74 Å². The molecule has 1 N–H and O–H groups in total. The van der Waals surface area contributed by atoms with Crippen LogP contribution in [0.2, 0.25) is 0 Å². The van der Waals surface area contributed by atoms with Crippen LogP contribution in [0.1, 0.15) is 66.6 Å². The summed E-state index contributed by atoms with van der Waals surface area (Å²) in [4.78, 5) is 11.8. The van der Waals surface area contributed by atoms with Gasteiger partial charge in [-0.3, -0.25) is 4.79 Å². The molecular formula is C25H37BO6. The van der Waals surface area contributed by atoms with E-state index in [0.717, 1.165) is 16.6 Å². The second-order valence-electron chi connectivity index (χ2n) is 9.40. The van der Waals surface area contributed by atoms with Gasteiger partial charge in [-0.25, -0.2) is 0 Å². The first-order chi connectivity index (χ1) is 14.9. The number of hydrogen-bond donors (Lipinski definition) is 1. The van der Waals surface area contributed by atoms with Gasteiger partial charge < -0.3 is 23.9 Å². The van der Waals surface area contributed by atoms with Crippen LogP contribution in [0.4, 0.5) is 0 Å². The van der Waals surface area contributed by atoms with Crippen molar-refractivity contribution in [1.29, 1.82) is 0 Å². The summed E-state index contributed by atoms with van der Waals surface area (Å²) in [7, 11) is -0.540. The number of benzene rings is 1. The van der Waals surface area contributed by atoms with Crippen molar-refractivity contribution in [2.45, 2.75) is 72.2 Å². The van der Waals surface area contributed by atoms with Crippen LogP contribution in [-0.4, -0.2) is 42.6 Å². The van der Waals surface area contributed by atoms with E-state index in [0.29, 0.717) is 12.2 Å². The van der Waals surface area contributed by atoms with Crippen molar-refractivity contribution < 1.29 is 28.7 Å². The number of carbonyl (C=O) groups excluding carboxylic acids is 1. The molecule has 0 amide bonds. The summed E-state index contributed by atoms with van der Waals surface area (Å²) in [5.41, 5.74) is 1.72. The molecule has 0 unspecified atom stereocenters. The molecule has 2 rings (SSSR count). The summed E-state index contributed by atoms with van der Waals surface area (Å²) >= 11 is 0. The fourth-order valence-corrected chi connectivity index (χ4v) is 3.31. The fraction of sp³-hybridized carbons (Fsp3) is 0.560. The van der Waals surface area contributed by atoms with Gasteiger partial charge in [0.2, 0.25) is 0 Å². The minimum atomic E-state index is -0.540. The zero-order chi connectivity index (χ0) is 24.1. The van der Waals surface area contributed by atoms with Crippen LogP contribution in [-0.2, 0) is 18.8 Å². The second-order valence-corrected chi connectivity index (χ2v) is 9.40. The van der Waals surface area contributed by atoms with Crippen LogP contribution in [0.5, 0.6) is 5.75 Å². The lowest BCUT2D eigenvalue weighted by atomic mass is 9.70. The molecule has 0 aromatic heterocycles. The predicted molar refractivity (Wildman–Crippen MR) is 126 cm³/mol. The van der Waals surface area contributed by atoms with Gasteiger partial charge in [0.1, 0.15) is 18.5 Å². The average molecular weight is 444 g/mol. The van der Waals surface area contributed by atoms with Crippen molar-refractivity contribution in [3.8, 4) is 5.75 Å². The van der Waals surface area contributed by atoms with Gasteiger partial charge >= 0.3 is 13.1 Å². The highest BCUT2D eigenvalue weighted by molar-refractivity contribution is 6.56. The third-order valence-corrected chi connectivity index (χ3v) is 6.05. The number of carbonyl (C=O) groups is 1. The fourth-order valence-electron chi connectivity index (χ4n) is 3.31. The SMILES string of the molecule is C=C(/C(=C/C[C@@H](OC(C)=O)c1ccc(OCCO)cc1)B1OC(C)(C)C(C)(C)O1)C(C)C. The molecule has 32 heavy (non-hydrogen) atoms. The highest BCUT2D eigenvalue weighted by atomic mass is 16.7. The first-order valence-electron chi connectivity index (χ1n) is 11.1. The van der Waals surface area contributed by atoms with Gasteiger partial charge in [0, 0.05) is 13.3 Å². The number of ether oxygens (including phenoxy) is 2. The lowest BCUT2D eigenvalue weighted by Gasteiger charge is -2.32. The number of hydrogen-bond acceptors (Lipinski definition) is 6. The Bertz CT molecular complexity index is 809. The van der Waals surface area contributed by atoms with Crippen LogP contribution in [0.15, 0.2) is 48.0 Å². The largest absolute Gasteiger partial charge is 0.494 e. The lowest BCUT2D eigenvalue weighted by molar-refractivity contribution is -0.146. The van der Waals surface area contributed by atoms with E-state index in [-0.39, 0.29) is 25.1 Å². The van der Waals surface area contributed by atoms with Crippen molar-refractivity contribution in [2.24, 2.45) is 5.92 Å². The maximum Gasteiger partial charge on any atom is 0.494 e. The van der Waals surface area contributed by atoms with Crippen LogP contribution in [0.25, 0.3) is 0 Å².